The molecule has 6 aliphatic heterocycles. The summed E-state index contributed by atoms with van der Waals surface area (Å²) in [6.07, 6.45) is 32.0. The standard InChI is InChI=1S/C32H44N4O4.C32H42N4O4.C31H42N4O4/c2*37-29-19-8-6-4-2-1-3-5-7-18-27(35-32(40)28(34-29)22-30(38)36-20-11-12-21-36)31(39)33-23-25-16-13-15-24-14-9-10-17-26(24)25;36-28-18-7-5-3-1-2-4-6-17-26(34-31(39)27(33-28)21-29(37)35-19-10-11-20-35)30(38)32-22-24-15-12-14-23-13-8-9-16-25(23)24/h9-10,13-17,27-28H,1-8,11-12,18-23H2,(H,33,39)(H,34,37)(H,35,40);2,4,9-10,13-17,27-28H,1,3,5-8,11-12,18-23H2,(H,33,39)(H,34,37)(H,35,40);8-9,12-16,26-27H,1-7,10-11,17-22H2,(H,32,38)(H,33,36)(H,34,39)/b;4-2-;/t2*27-,28-;26-,27-/m000/s1. The number of carbonyl (C=O) groups excluding carboxylic acids is 12. The molecule has 6 aliphatic rings. The molecule has 0 aliphatic carbocycles. The lowest BCUT2D eigenvalue weighted by Crippen LogP contribution is -2.54. The van der Waals surface area contributed by atoms with Crippen molar-refractivity contribution in [3.8, 4) is 0 Å². The summed E-state index contributed by atoms with van der Waals surface area (Å²) in [4.78, 5) is 163. The Hall–Kier alpha value is -10.5. The van der Waals surface area contributed by atoms with E-state index in [4.69, 9.17) is 0 Å². The first-order valence-corrected chi connectivity index (χ1v) is 44.5. The second kappa shape index (κ2) is 49.8. The number of benzene rings is 6. The minimum atomic E-state index is -1.02. The molecule has 6 atom stereocenters. The van der Waals surface area contributed by atoms with Gasteiger partial charge in [0.2, 0.25) is 70.9 Å². The van der Waals surface area contributed by atoms with Crippen molar-refractivity contribution < 1.29 is 57.5 Å². The van der Waals surface area contributed by atoms with Gasteiger partial charge in [-0.25, -0.2) is 0 Å². The molecule has 6 aromatic carbocycles. The monoisotopic (exact) mass is 1630 g/mol. The molecule has 24 nitrogen and oxygen atoms in total. The Balaban J connectivity index is 0.000000188. The van der Waals surface area contributed by atoms with E-state index in [2.05, 4.69) is 60.0 Å². The third-order valence-electron chi connectivity index (χ3n) is 23.7. The molecule has 9 N–H and O–H groups in total. The van der Waals surface area contributed by atoms with E-state index < -0.39 is 54.0 Å². The molecule has 0 bridgehead atoms. The van der Waals surface area contributed by atoms with E-state index in [1.807, 2.05) is 127 Å². The maximum atomic E-state index is 13.5. The Morgan fingerprint density at radius 2 is 0.546 bits per heavy atom. The van der Waals surface area contributed by atoms with Gasteiger partial charge in [-0.1, -0.05) is 236 Å². The lowest BCUT2D eigenvalue weighted by Gasteiger charge is -2.25. The fourth-order valence-electron chi connectivity index (χ4n) is 16.7. The predicted octanol–water partition coefficient (Wildman–Crippen LogP) is 12.4. The van der Waals surface area contributed by atoms with E-state index in [0.717, 1.165) is 216 Å². The van der Waals surface area contributed by atoms with Gasteiger partial charge < -0.3 is 62.6 Å². The van der Waals surface area contributed by atoms with E-state index >= 15 is 0 Å². The maximum absolute atomic E-state index is 13.5. The number of nitrogens with one attached hydrogen (secondary N) is 9. The normalized spacial score (nSPS) is 22.1. The smallest absolute Gasteiger partial charge is 0.243 e. The molecule has 6 aromatic rings. The first-order chi connectivity index (χ1) is 58.0. The molecule has 5 fully saturated rings. The van der Waals surface area contributed by atoms with Crippen LogP contribution in [-0.4, -0.2) is 161 Å². The second-order valence-electron chi connectivity index (χ2n) is 32.9. The van der Waals surface area contributed by atoms with Gasteiger partial charge >= 0.3 is 0 Å². The molecule has 0 saturated carbocycles. The van der Waals surface area contributed by atoms with Crippen LogP contribution in [0.1, 0.15) is 248 Å². The number of carbonyl (C=O) groups is 12. The summed E-state index contributed by atoms with van der Waals surface area (Å²) in [5.74, 6) is -3.33. The van der Waals surface area contributed by atoms with Crippen LogP contribution in [0.5, 0.6) is 0 Å². The molecular weight excluding hydrogens is 1500 g/mol. The fraction of sp³-hybridized carbons (Fsp3) is 0.537. The highest BCUT2D eigenvalue weighted by molar-refractivity contribution is 5.98. The summed E-state index contributed by atoms with van der Waals surface area (Å²) >= 11 is 0. The average Bonchev–Trinajstić information content (AvgIpc) is 1.56. The number of amides is 12. The first kappa shape index (κ1) is 90.8. The first-order valence-electron chi connectivity index (χ1n) is 44.5. The van der Waals surface area contributed by atoms with Crippen molar-refractivity contribution in [3.05, 3.63) is 156 Å². The van der Waals surface area contributed by atoms with Gasteiger partial charge in [0.05, 0.1) is 19.3 Å². The highest BCUT2D eigenvalue weighted by Gasteiger charge is 2.35. The molecule has 24 heteroatoms. The summed E-state index contributed by atoms with van der Waals surface area (Å²) in [6.45, 7) is 5.10. The summed E-state index contributed by atoms with van der Waals surface area (Å²) in [7, 11) is 0. The highest BCUT2D eigenvalue weighted by atomic mass is 16.2. The lowest BCUT2D eigenvalue weighted by molar-refractivity contribution is -0.137. The van der Waals surface area contributed by atoms with Gasteiger partial charge in [-0.05, 0) is 145 Å². The van der Waals surface area contributed by atoms with Crippen LogP contribution < -0.4 is 47.9 Å². The molecule has 12 amide bonds. The van der Waals surface area contributed by atoms with Gasteiger partial charge in [0.1, 0.15) is 36.3 Å². The van der Waals surface area contributed by atoms with Crippen LogP contribution in [0.2, 0.25) is 0 Å². The van der Waals surface area contributed by atoms with Crippen molar-refractivity contribution in [1.82, 2.24) is 62.6 Å². The third-order valence-corrected chi connectivity index (χ3v) is 23.7. The number of fused-ring (bicyclic) bond motifs is 3. The van der Waals surface area contributed by atoms with Crippen molar-refractivity contribution in [2.75, 3.05) is 39.3 Å². The summed E-state index contributed by atoms with van der Waals surface area (Å²) in [6, 6.07) is 36.9. The molecule has 0 spiro atoms. The molecule has 0 aromatic heterocycles. The van der Waals surface area contributed by atoms with Crippen LogP contribution in [0.3, 0.4) is 0 Å². The van der Waals surface area contributed by atoms with Gasteiger partial charge in [-0.2, -0.15) is 0 Å². The number of nitrogens with zero attached hydrogens (tertiary/aromatic N) is 3. The largest absolute Gasteiger partial charge is 0.350 e. The number of likely N-dealkylation sites (tertiary alicyclic amines) is 3. The molecule has 119 heavy (non-hydrogen) atoms. The quantitative estimate of drug-likeness (QED) is 0.0434. The lowest BCUT2D eigenvalue weighted by atomic mass is 10.0. The number of hydrogen-bond acceptors (Lipinski definition) is 12. The topological polar surface area (TPSA) is 323 Å². The summed E-state index contributed by atoms with van der Waals surface area (Å²) in [5.41, 5.74) is 3.01. The van der Waals surface area contributed by atoms with Crippen molar-refractivity contribution in [1.29, 1.82) is 0 Å². The summed E-state index contributed by atoms with van der Waals surface area (Å²) in [5, 5.41) is 32.7. The van der Waals surface area contributed by atoms with Gasteiger partial charge in [0.15, 0.2) is 0 Å². The number of allylic oxidation sites excluding steroid dienone is 2. The Morgan fingerprint density at radius 1 is 0.286 bits per heavy atom. The zero-order valence-corrected chi connectivity index (χ0v) is 69.8. The van der Waals surface area contributed by atoms with Gasteiger partial charge in [-0.15, -0.1) is 0 Å². The van der Waals surface area contributed by atoms with E-state index in [0.29, 0.717) is 97.4 Å². The predicted molar refractivity (Wildman–Crippen MR) is 464 cm³/mol. The van der Waals surface area contributed by atoms with Crippen molar-refractivity contribution in [3.63, 3.8) is 0 Å². The third kappa shape index (κ3) is 30.4. The maximum Gasteiger partial charge on any atom is 0.243 e. The zero-order valence-electron chi connectivity index (χ0n) is 69.8. The van der Waals surface area contributed by atoms with Crippen LogP contribution in [0.15, 0.2) is 140 Å². The minimum Gasteiger partial charge on any atom is -0.350 e. The van der Waals surface area contributed by atoms with E-state index in [-0.39, 0.29) is 78.8 Å². The molecule has 0 unspecified atom stereocenters. The van der Waals surface area contributed by atoms with Crippen LogP contribution in [-0.2, 0) is 77.2 Å². The van der Waals surface area contributed by atoms with Gasteiger partial charge in [0.25, 0.3) is 0 Å². The molecular formula is C95H128N12O12. The molecule has 12 rings (SSSR count). The molecule has 640 valence electrons. The van der Waals surface area contributed by atoms with E-state index in [1.54, 1.807) is 14.7 Å². The van der Waals surface area contributed by atoms with Crippen molar-refractivity contribution >= 4 is 103 Å². The Labute approximate surface area is 702 Å². The minimum absolute atomic E-state index is 0.0953. The second-order valence-corrected chi connectivity index (χ2v) is 32.9. The average molecular weight is 1630 g/mol. The molecule has 5 saturated heterocycles. The van der Waals surface area contributed by atoms with Crippen molar-refractivity contribution in [2.45, 2.75) is 287 Å². The van der Waals surface area contributed by atoms with E-state index in [9.17, 15) is 57.5 Å². The molecule has 0 radical (unpaired) electrons. The SMILES string of the molecule is O=C1CCC/C=C\CCCCC[C@@H](C(=O)NCc2cccc3ccccc23)NC(=O)[C@H](CC(=O)N2CCCC2)N1.O=C1CCCCCCCCCC[C@@H](C(=O)NCc2cccc3ccccc23)NC(=O)[C@H](CC(=O)N2CCCC2)N1.O=C1CCCCCCCCC[C@@H](C(=O)NCc2cccc3ccccc23)NC(=O)[C@H](CC(=O)N2CCCC2)N1. The van der Waals surface area contributed by atoms with Crippen LogP contribution >= 0.6 is 0 Å². The van der Waals surface area contributed by atoms with Crippen LogP contribution in [0.25, 0.3) is 32.3 Å². The van der Waals surface area contributed by atoms with Gasteiger partial charge in [-0.3, -0.25) is 57.5 Å². The Bertz CT molecular complexity index is 4360. The van der Waals surface area contributed by atoms with E-state index in [1.165, 1.54) is 0 Å². The summed E-state index contributed by atoms with van der Waals surface area (Å²) < 4.78 is 0. The zero-order chi connectivity index (χ0) is 83.8. The fourth-order valence-corrected chi connectivity index (χ4v) is 16.7. The van der Waals surface area contributed by atoms with Crippen LogP contribution in [0, 0.1) is 0 Å². The number of hydrogen-bond donors (Lipinski definition) is 9. The Kier molecular flexibility index (Phi) is 38.0. The highest BCUT2D eigenvalue weighted by Crippen LogP contribution is 2.25. The Morgan fingerprint density at radius 3 is 0.866 bits per heavy atom. The van der Waals surface area contributed by atoms with Crippen molar-refractivity contribution in [2.24, 2.45) is 0 Å². The number of rotatable bonds is 15. The van der Waals surface area contributed by atoms with Gasteiger partial charge in [0, 0.05) is 78.2 Å². The van der Waals surface area contributed by atoms with Crippen LogP contribution in [0.4, 0.5) is 0 Å². The molecule has 6 heterocycles.